The first kappa shape index (κ1) is 8.11. The molecule has 0 radical (unpaired) electrons. The van der Waals surface area contributed by atoms with Gasteiger partial charge < -0.3 is 4.74 Å². The van der Waals surface area contributed by atoms with Crippen LogP contribution in [0.15, 0.2) is 24.3 Å². The van der Waals surface area contributed by atoms with E-state index in [9.17, 15) is 0 Å². The third-order valence-corrected chi connectivity index (χ3v) is 3.62. The standard InChI is InChI=1S/C10H11BrO/c1-10(6-11)7-12-9-5-3-2-4-8(9)10/h2-5H,6-7H2,1H3/t10-/m0/s1. The molecule has 1 nitrogen and oxygen atoms in total. The van der Waals surface area contributed by atoms with Gasteiger partial charge in [-0.05, 0) is 6.07 Å². The number of para-hydroxylation sites is 1. The summed E-state index contributed by atoms with van der Waals surface area (Å²) in [5.41, 5.74) is 1.48. The first-order valence-electron chi connectivity index (χ1n) is 4.04. The summed E-state index contributed by atoms with van der Waals surface area (Å²) >= 11 is 3.52. The van der Waals surface area contributed by atoms with Gasteiger partial charge in [-0.15, -0.1) is 0 Å². The second-order valence-electron chi connectivity index (χ2n) is 3.48. The van der Waals surface area contributed by atoms with Gasteiger partial charge in [0, 0.05) is 16.3 Å². The number of ether oxygens (including phenoxy) is 1. The SMILES string of the molecule is C[C@]1(CBr)COc2ccccc21. The van der Waals surface area contributed by atoms with Crippen LogP contribution in [-0.4, -0.2) is 11.9 Å². The molecule has 2 heteroatoms. The maximum atomic E-state index is 5.57. The van der Waals surface area contributed by atoms with E-state index in [2.05, 4.69) is 35.0 Å². The van der Waals surface area contributed by atoms with Crippen molar-refractivity contribution >= 4 is 15.9 Å². The van der Waals surface area contributed by atoms with Crippen LogP contribution in [0.3, 0.4) is 0 Å². The molecule has 1 heterocycles. The van der Waals surface area contributed by atoms with E-state index >= 15 is 0 Å². The van der Waals surface area contributed by atoms with Crippen LogP contribution in [0, 0.1) is 0 Å². The molecule has 1 aromatic rings. The Balaban J connectivity index is 2.49. The van der Waals surface area contributed by atoms with Crippen molar-refractivity contribution in [3.05, 3.63) is 29.8 Å². The van der Waals surface area contributed by atoms with Gasteiger partial charge in [0.15, 0.2) is 0 Å². The predicted molar refractivity (Wildman–Crippen MR) is 53.1 cm³/mol. The summed E-state index contributed by atoms with van der Waals surface area (Å²) in [6.07, 6.45) is 0. The molecule has 0 saturated heterocycles. The van der Waals surface area contributed by atoms with Gasteiger partial charge in [0.05, 0.1) is 6.61 Å². The predicted octanol–water partition coefficient (Wildman–Crippen LogP) is 2.73. The number of halogens is 1. The van der Waals surface area contributed by atoms with Crippen LogP contribution < -0.4 is 4.74 Å². The fourth-order valence-corrected chi connectivity index (χ4v) is 1.98. The Kier molecular flexibility index (Phi) is 1.87. The largest absolute Gasteiger partial charge is 0.492 e. The Morgan fingerprint density at radius 1 is 1.50 bits per heavy atom. The molecular weight excluding hydrogens is 216 g/mol. The van der Waals surface area contributed by atoms with Crippen molar-refractivity contribution < 1.29 is 4.74 Å². The fourth-order valence-electron chi connectivity index (χ4n) is 1.52. The van der Waals surface area contributed by atoms with Crippen molar-refractivity contribution in [3.63, 3.8) is 0 Å². The quantitative estimate of drug-likeness (QED) is 0.670. The average molecular weight is 227 g/mol. The van der Waals surface area contributed by atoms with Gasteiger partial charge in [0.2, 0.25) is 0 Å². The van der Waals surface area contributed by atoms with Gasteiger partial charge in [-0.2, -0.15) is 0 Å². The van der Waals surface area contributed by atoms with Crippen LogP contribution in [0.25, 0.3) is 0 Å². The number of benzene rings is 1. The average Bonchev–Trinajstić information content (AvgIpc) is 2.46. The van der Waals surface area contributed by atoms with Crippen LogP contribution in [-0.2, 0) is 5.41 Å². The van der Waals surface area contributed by atoms with Gasteiger partial charge in [0.25, 0.3) is 0 Å². The van der Waals surface area contributed by atoms with E-state index in [0.717, 1.165) is 17.7 Å². The number of rotatable bonds is 1. The fraction of sp³-hybridized carbons (Fsp3) is 0.400. The highest BCUT2D eigenvalue weighted by molar-refractivity contribution is 9.09. The molecule has 0 spiro atoms. The molecule has 0 amide bonds. The third kappa shape index (κ3) is 1.06. The van der Waals surface area contributed by atoms with Crippen LogP contribution in [0.4, 0.5) is 0 Å². The Hall–Kier alpha value is -0.500. The summed E-state index contributed by atoms with van der Waals surface area (Å²) in [5.74, 6) is 1.04. The zero-order valence-electron chi connectivity index (χ0n) is 7.01. The molecule has 0 aliphatic carbocycles. The van der Waals surface area contributed by atoms with E-state index in [4.69, 9.17) is 4.74 Å². The van der Waals surface area contributed by atoms with Crippen LogP contribution in [0.5, 0.6) is 5.75 Å². The summed E-state index contributed by atoms with van der Waals surface area (Å²) < 4.78 is 5.57. The van der Waals surface area contributed by atoms with Crippen molar-refractivity contribution in [2.75, 3.05) is 11.9 Å². The van der Waals surface area contributed by atoms with Crippen molar-refractivity contribution in [1.82, 2.24) is 0 Å². The van der Waals surface area contributed by atoms with Gasteiger partial charge in [-0.3, -0.25) is 0 Å². The summed E-state index contributed by atoms with van der Waals surface area (Å²) in [6, 6.07) is 8.25. The molecule has 64 valence electrons. The summed E-state index contributed by atoms with van der Waals surface area (Å²) in [6.45, 7) is 3.01. The van der Waals surface area contributed by atoms with E-state index in [-0.39, 0.29) is 5.41 Å². The van der Waals surface area contributed by atoms with Gasteiger partial charge >= 0.3 is 0 Å². The monoisotopic (exact) mass is 226 g/mol. The molecule has 1 atom stereocenters. The minimum atomic E-state index is 0.163. The molecule has 1 aliphatic rings. The lowest BCUT2D eigenvalue weighted by Gasteiger charge is -2.18. The van der Waals surface area contributed by atoms with Crippen molar-refractivity contribution in [3.8, 4) is 5.75 Å². The van der Waals surface area contributed by atoms with Crippen LogP contribution >= 0.6 is 15.9 Å². The summed E-state index contributed by atoms with van der Waals surface area (Å²) in [4.78, 5) is 0. The highest BCUT2D eigenvalue weighted by Crippen LogP contribution is 2.39. The second kappa shape index (κ2) is 2.77. The summed E-state index contributed by atoms with van der Waals surface area (Å²) in [7, 11) is 0. The minimum Gasteiger partial charge on any atom is -0.492 e. The summed E-state index contributed by atoms with van der Waals surface area (Å²) in [5, 5.41) is 0.955. The number of hydrogen-bond donors (Lipinski definition) is 0. The molecule has 2 rings (SSSR count). The lowest BCUT2D eigenvalue weighted by Crippen LogP contribution is -2.25. The Morgan fingerprint density at radius 2 is 2.25 bits per heavy atom. The first-order chi connectivity index (χ1) is 5.76. The lowest BCUT2D eigenvalue weighted by molar-refractivity contribution is 0.294. The molecule has 1 aromatic carbocycles. The second-order valence-corrected chi connectivity index (χ2v) is 4.04. The minimum absolute atomic E-state index is 0.163. The van der Waals surface area contributed by atoms with Crippen LogP contribution in [0.1, 0.15) is 12.5 Å². The van der Waals surface area contributed by atoms with Crippen molar-refractivity contribution in [2.24, 2.45) is 0 Å². The van der Waals surface area contributed by atoms with E-state index in [1.807, 2.05) is 12.1 Å². The van der Waals surface area contributed by atoms with E-state index in [0.29, 0.717) is 0 Å². The number of hydrogen-bond acceptors (Lipinski definition) is 1. The van der Waals surface area contributed by atoms with Gasteiger partial charge in [-0.1, -0.05) is 41.1 Å². The molecule has 0 N–H and O–H groups in total. The van der Waals surface area contributed by atoms with Gasteiger partial charge in [0.1, 0.15) is 5.75 Å². The highest BCUT2D eigenvalue weighted by Gasteiger charge is 2.34. The van der Waals surface area contributed by atoms with Crippen LogP contribution in [0.2, 0.25) is 0 Å². The first-order valence-corrected chi connectivity index (χ1v) is 5.17. The maximum absolute atomic E-state index is 5.57. The maximum Gasteiger partial charge on any atom is 0.123 e. The zero-order chi connectivity index (χ0) is 8.60. The topological polar surface area (TPSA) is 9.23 Å². The third-order valence-electron chi connectivity index (χ3n) is 2.38. The Bertz CT molecular complexity index is 298. The Labute approximate surface area is 80.9 Å². The molecular formula is C10H11BrO. The highest BCUT2D eigenvalue weighted by atomic mass is 79.9. The van der Waals surface area contributed by atoms with Gasteiger partial charge in [-0.25, -0.2) is 0 Å². The smallest absolute Gasteiger partial charge is 0.123 e. The van der Waals surface area contributed by atoms with E-state index in [1.54, 1.807) is 0 Å². The number of alkyl halides is 1. The lowest BCUT2D eigenvalue weighted by atomic mass is 9.87. The molecule has 0 fully saturated rings. The molecule has 0 bridgehead atoms. The van der Waals surface area contributed by atoms with E-state index in [1.165, 1.54) is 5.56 Å². The Morgan fingerprint density at radius 3 is 3.00 bits per heavy atom. The van der Waals surface area contributed by atoms with E-state index < -0.39 is 0 Å². The molecule has 0 saturated carbocycles. The molecule has 0 aromatic heterocycles. The van der Waals surface area contributed by atoms with Crippen molar-refractivity contribution in [1.29, 1.82) is 0 Å². The zero-order valence-corrected chi connectivity index (χ0v) is 8.60. The molecule has 0 unspecified atom stereocenters. The molecule has 1 aliphatic heterocycles. The van der Waals surface area contributed by atoms with Crippen molar-refractivity contribution in [2.45, 2.75) is 12.3 Å². The number of fused-ring (bicyclic) bond motifs is 1. The molecule has 12 heavy (non-hydrogen) atoms. The normalized spacial score (nSPS) is 26.5.